The van der Waals surface area contributed by atoms with E-state index in [4.69, 9.17) is 28.2 Å². The van der Waals surface area contributed by atoms with Crippen LogP contribution in [0.4, 0.5) is 11.4 Å². The second kappa shape index (κ2) is 12.0. The van der Waals surface area contributed by atoms with Crippen molar-refractivity contribution in [2.24, 2.45) is 0 Å². The van der Waals surface area contributed by atoms with Gasteiger partial charge in [0, 0.05) is 43.7 Å². The first-order valence-electron chi connectivity index (χ1n) is 12.5. The minimum absolute atomic E-state index is 0.0703. The maximum absolute atomic E-state index is 11.0. The predicted octanol–water partition coefficient (Wildman–Crippen LogP) is 8.72. The number of benzene rings is 3. The summed E-state index contributed by atoms with van der Waals surface area (Å²) in [7, 11) is 0. The lowest BCUT2D eigenvalue weighted by atomic mass is 10.0. The fourth-order valence-corrected chi connectivity index (χ4v) is 6.60. The predicted molar refractivity (Wildman–Crippen MR) is 166 cm³/mol. The highest BCUT2D eigenvalue weighted by molar-refractivity contribution is 7.99. The van der Waals surface area contributed by atoms with E-state index < -0.39 is 4.92 Å². The largest absolute Gasteiger partial charge is 0.452 e. The Morgan fingerprint density at radius 3 is 2.20 bits per heavy atom. The number of hydrogen-bond donors (Lipinski definition) is 1. The average Bonchev–Trinajstić information content (AvgIpc) is 3.59. The lowest BCUT2D eigenvalue weighted by Crippen LogP contribution is -2.29. The number of nitro benzene ring substituents is 1. The van der Waals surface area contributed by atoms with Crippen LogP contribution in [0.1, 0.15) is 23.5 Å². The first kappa shape index (κ1) is 27.3. The number of anilines is 1. The zero-order valence-corrected chi connectivity index (χ0v) is 24.4. The molecule has 1 fully saturated rings. The van der Waals surface area contributed by atoms with E-state index in [-0.39, 0.29) is 17.8 Å². The van der Waals surface area contributed by atoms with Crippen molar-refractivity contribution in [1.29, 1.82) is 0 Å². The third-order valence-electron chi connectivity index (χ3n) is 6.42. The highest BCUT2D eigenvalue weighted by Crippen LogP contribution is 2.44. The molecular weight excluding hydrogens is 596 g/mol. The van der Waals surface area contributed by atoms with Crippen LogP contribution < -0.4 is 10.2 Å². The van der Waals surface area contributed by atoms with Gasteiger partial charge in [0.25, 0.3) is 5.69 Å². The van der Waals surface area contributed by atoms with Crippen molar-refractivity contribution in [3.05, 3.63) is 136 Å². The molecule has 3 aromatic carbocycles. The molecule has 3 heterocycles. The molecule has 6 rings (SSSR count). The van der Waals surface area contributed by atoms with Crippen molar-refractivity contribution in [1.82, 2.24) is 10.3 Å². The van der Waals surface area contributed by atoms with Gasteiger partial charge in [-0.2, -0.15) is 0 Å². The topological polar surface area (TPSA) is 84.4 Å². The van der Waals surface area contributed by atoms with Crippen LogP contribution in [0.3, 0.4) is 0 Å². The van der Waals surface area contributed by atoms with E-state index >= 15 is 0 Å². The molecule has 5 aromatic rings. The first-order valence-corrected chi connectivity index (χ1v) is 14.9. The summed E-state index contributed by atoms with van der Waals surface area (Å²) >= 11 is 14.9. The van der Waals surface area contributed by atoms with Gasteiger partial charge < -0.3 is 14.6 Å². The smallest absolute Gasteiger partial charge is 0.269 e. The third kappa shape index (κ3) is 6.11. The van der Waals surface area contributed by atoms with Crippen LogP contribution in [0, 0.1) is 10.1 Å². The molecule has 204 valence electrons. The summed E-state index contributed by atoms with van der Waals surface area (Å²) in [5.74, 6) is 0.758. The van der Waals surface area contributed by atoms with Crippen LogP contribution in [0.25, 0.3) is 0 Å². The standard InChI is InChI=1S/C30H21ClN4O3S3/c31-19-4-10-24(11-5-19)41-27-17-16-26(38-27)29-28(25-3-1-2-18-32-25)33-30(39)34(29)20-6-12-22(13-7-20)40-23-14-8-21(9-15-23)35(36)37/h1-18,28-29H,(H,33,39)/t28-,29+/m1/s1. The normalized spacial score (nSPS) is 16.5. The van der Waals surface area contributed by atoms with Crippen molar-refractivity contribution in [2.45, 2.75) is 31.9 Å². The van der Waals surface area contributed by atoms with Gasteiger partial charge in [0.1, 0.15) is 11.8 Å². The maximum Gasteiger partial charge on any atom is 0.269 e. The molecule has 1 aliphatic heterocycles. The lowest BCUT2D eigenvalue weighted by Gasteiger charge is -2.26. The summed E-state index contributed by atoms with van der Waals surface area (Å²) in [6.07, 6.45) is 1.77. The molecule has 0 aliphatic carbocycles. The van der Waals surface area contributed by atoms with E-state index in [2.05, 4.69) is 15.2 Å². The van der Waals surface area contributed by atoms with Gasteiger partial charge in [0.05, 0.1) is 16.7 Å². The molecule has 0 radical (unpaired) electrons. The van der Waals surface area contributed by atoms with Gasteiger partial charge in [-0.25, -0.2) is 0 Å². The first-order chi connectivity index (χ1) is 19.9. The Labute approximate surface area is 255 Å². The third-order valence-corrected chi connectivity index (χ3v) is 8.93. The molecule has 41 heavy (non-hydrogen) atoms. The minimum Gasteiger partial charge on any atom is -0.452 e. The summed E-state index contributed by atoms with van der Waals surface area (Å²) in [5, 5.41) is 16.4. The second-order valence-corrected chi connectivity index (χ2v) is 12.1. The molecule has 1 N–H and O–H groups in total. The number of aromatic nitrogens is 1. The molecule has 7 nitrogen and oxygen atoms in total. The Kier molecular flexibility index (Phi) is 7.97. The summed E-state index contributed by atoms with van der Waals surface area (Å²) in [6.45, 7) is 0. The number of furan rings is 1. The van der Waals surface area contributed by atoms with E-state index in [0.717, 1.165) is 36.9 Å². The quantitative estimate of drug-likeness (QED) is 0.104. The van der Waals surface area contributed by atoms with Crippen LogP contribution in [0.15, 0.2) is 134 Å². The number of thiocarbonyl (C=S) groups is 1. The fourth-order valence-electron chi connectivity index (χ4n) is 4.54. The van der Waals surface area contributed by atoms with Gasteiger partial charge in [0.15, 0.2) is 10.2 Å². The van der Waals surface area contributed by atoms with Gasteiger partial charge in [0.2, 0.25) is 0 Å². The second-order valence-electron chi connectivity index (χ2n) is 9.06. The number of pyridine rings is 1. The fraction of sp³-hybridized carbons (Fsp3) is 0.0667. The molecule has 0 saturated carbocycles. The zero-order valence-electron chi connectivity index (χ0n) is 21.2. The lowest BCUT2D eigenvalue weighted by molar-refractivity contribution is -0.384. The van der Waals surface area contributed by atoms with Crippen LogP contribution in [-0.4, -0.2) is 15.0 Å². The highest BCUT2D eigenvalue weighted by Gasteiger charge is 2.42. The number of nitrogens with zero attached hydrogens (tertiary/aromatic N) is 3. The molecule has 0 unspecified atom stereocenters. The average molecular weight is 617 g/mol. The van der Waals surface area contributed by atoms with Crippen molar-refractivity contribution >= 4 is 63.8 Å². The summed E-state index contributed by atoms with van der Waals surface area (Å²) in [5.41, 5.74) is 1.83. The molecule has 0 amide bonds. The monoisotopic (exact) mass is 616 g/mol. The molecule has 0 spiro atoms. The zero-order chi connectivity index (χ0) is 28.3. The SMILES string of the molecule is O=[N+]([O-])c1ccc(Sc2ccc(N3C(=S)N[C@H](c4ccccn4)[C@@H]3c3ccc(Sc4ccc(Cl)cc4)o3)cc2)cc1. The highest BCUT2D eigenvalue weighted by atomic mass is 35.5. The van der Waals surface area contributed by atoms with E-state index in [1.807, 2.05) is 78.9 Å². The number of rotatable bonds is 8. The van der Waals surface area contributed by atoms with E-state index in [1.165, 1.54) is 35.7 Å². The van der Waals surface area contributed by atoms with Crippen LogP contribution in [-0.2, 0) is 0 Å². The minimum atomic E-state index is -0.400. The Morgan fingerprint density at radius 2 is 1.54 bits per heavy atom. The molecule has 1 saturated heterocycles. The van der Waals surface area contributed by atoms with E-state index in [0.29, 0.717) is 10.1 Å². The van der Waals surface area contributed by atoms with Crippen molar-refractivity contribution in [3.8, 4) is 0 Å². The van der Waals surface area contributed by atoms with Crippen molar-refractivity contribution in [2.75, 3.05) is 4.90 Å². The number of non-ortho nitro benzene ring substituents is 1. The molecule has 0 bridgehead atoms. The maximum atomic E-state index is 11.0. The summed E-state index contributed by atoms with van der Waals surface area (Å²) < 4.78 is 6.39. The number of nitro groups is 1. The Bertz CT molecular complexity index is 1680. The Balaban J connectivity index is 1.28. The van der Waals surface area contributed by atoms with Crippen LogP contribution in [0.5, 0.6) is 0 Å². The molecule has 11 heteroatoms. The Hall–Kier alpha value is -3.83. The van der Waals surface area contributed by atoms with E-state index in [1.54, 1.807) is 18.3 Å². The summed E-state index contributed by atoms with van der Waals surface area (Å²) in [4.78, 5) is 20.2. The molecular formula is C30H21ClN4O3S3. The van der Waals surface area contributed by atoms with Crippen LogP contribution >= 0.6 is 47.3 Å². The molecule has 2 aromatic heterocycles. The van der Waals surface area contributed by atoms with Crippen molar-refractivity contribution < 1.29 is 9.34 Å². The summed E-state index contributed by atoms with van der Waals surface area (Å²) in [6, 6.07) is 31.5. The number of nitrogens with one attached hydrogen (secondary N) is 1. The number of hydrogen-bond acceptors (Lipinski definition) is 7. The molecule has 1 aliphatic rings. The van der Waals surface area contributed by atoms with Gasteiger partial charge in [-0.1, -0.05) is 41.2 Å². The number of halogens is 1. The van der Waals surface area contributed by atoms with Gasteiger partial charge in [-0.15, -0.1) is 0 Å². The van der Waals surface area contributed by atoms with Crippen LogP contribution in [0.2, 0.25) is 5.02 Å². The van der Waals surface area contributed by atoms with Gasteiger partial charge in [-0.05, 0) is 97.1 Å². The van der Waals surface area contributed by atoms with Gasteiger partial charge >= 0.3 is 0 Å². The van der Waals surface area contributed by atoms with E-state index in [9.17, 15) is 10.1 Å². The van der Waals surface area contributed by atoms with Gasteiger partial charge in [-0.3, -0.25) is 15.1 Å². The van der Waals surface area contributed by atoms with Crippen molar-refractivity contribution in [3.63, 3.8) is 0 Å². The molecule has 2 atom stereocenters. The Morgan fingerprint density at radius 1 is 0.878 bits per heavy atom.